The molecule has 4 heteroatoms. The average molecular weight is 407 g/mol. The molecule has 0 aromatic heterocycles. The Labute approximate surface area is 176 Å². The first-order chi connectivity index (χ1) is 13.3. The van der Waals surface area contributed by atoms with Crippen LogP contribution < -0.4 is 0 Å². The molecule has 0 amide bonds. The number of methoxy groups -OCH3 is 1. The monoisotopic (exact) mass is 406 g/mol. The molecule has 0 spiro atoms. The van der Waals surface area contributed by atoms with Gasteiger partial charge in [0.1, 0.15) is 0 Å². The van der Waals surface area contributed by atoms with Gasteiger partial charge in [-0.15, -0.1) is 0 Å². The van der Waals surface area contributed by atoms with Gasteiger partial charge < -0.3 is 14.9 Å². The van der Waals surface area contributed by atoms with Crippen LogP contribution in [0.25, 0.3) is 0 Å². The molecule has 4 saturated carbocycles. The second-order valence-corrected chi connectivity index (χ2v) is 12.4. The Morgan fingerprint density at radius 2 is 1.41 bits per heavy atom. The highest BCUT2D eigenvalue weighted by atomic mass is 16.5. The number of aliphatic hydroxyl groups is 2. The molecule has 4 rings (SSSR count). The molecular weight excluding hydrogens is 364 g/mol. The molecule has 4 aliphatic rings. The van der Waals surface area contributed by atoms with E-state index in [-0.39, 0.29) is 40.2 Å². The molecule has 4 nitrogen and oxygen atoms in total. The maximum Gasteiger partial charge on any atom is 0.308 e. The highest BCUT2D eigenvalue weighted by Gasteiger charge is 2.70. The number of carbonyl (C=O) groups is 1. The zero-order valence-electron chi connectivity index (χ0n) is 19.4. The summed E-state index contributed by atoms with van der Waals surface area (Å²) in [5.41, 5.74) is -0.758. The molecular formula is C25H42O4. The second kappa shape index (κ2) is 6.45. The molecule has 0 saturated heterocycles. The van der Waals surface area contributed by atoms with Crippen LogP contribution in [0.15, 0.2) is 0 Å². The Hall–Kier alpha value is -0.610. The molecule has 0 aliphatic heterocycles. The second-order valence-electron chi connectivity index (χ2n) is 12.4. The van der Waals surface area contributed by atoms with E-state index in [1.54, 1.807) is 0 Å². The fourth-order valence-corrected chi connectivity index (χ4v) is 9.48. The minimum absolute atomic E-state index is 0.0314. The summed E-state index contributed by atoms with van der Waals surface area (Å²) in [7, 11) is 1.42. The predicted molar refractivity (Wildman–Crippen MR) is 113 cm³/mol. The molecule has 0 aromatic carbocycles. The van der Waals surface area contributed by atoms with Crippen molar-refractivity contribution in [2.75, 3.05) is 7.11 Å². The van der Waals surface area contributed by atoms with E-state index in [4.69, 9.17) is 4.74 Å². The predicted octanol–water partition coefficient (Wildman–Crippen LogP) is 4.71. The summed E-state index contributed by atoms with van der Waals surface area (Å²) >= 11 is 0. The van der Waals surface area contributed by atoms with Gasteiger partial charge >= 0.3 is 5.97 Å². The van der Waals surface area contributed by atoms with Crippen LogP contribution in [0.5, 0.6) is 0 Å². The maximum absolute atomic E-state index is 12.1. The molecule has 29 heavy (non-hydrogen) atoms. The summed E-state index contributed by atoms with van der Waals surface area (Å²) in [5, 5.41) is 22.4. The third-order valence-corrected chi connectivity index (χ3v) is 11.2. The summed E-state index contributed by atoms with van der Waals surface area (Å²) in [6.07, 6.45) is 8.08. The minimum Gasteiger partial charge on any atom is -0.469 e. The minimum atomic E-state index is -0.946. The van der Waals surface area contributed by atoms with Crippen LogP contribution in [-0.2, 0) is 9.53 Å². The van der Waals surface area contributed by atoms with Crippen molar-refractivity contribution in [3.63, 3.8) is 0 Å². The lowest BCUT2D eigenvalue weighted by Crippen LogP contribution is -2.64. The quantitative estimate of drug-likeness (QED) is 0.652. The van der Waals surface area contributed by atoms with Crippen molar-refractivity contribution in [2.24, 2.45) is 39.4 Å². The Morgan fingerprint density at radius 1 is 0.862 bits per heavy atom. The third kappa shape index (κ3) is 2.67. The number of rotatable bonds is 2. The lowest BCUT2D eigenvalue weighted by atomic mass is 9.36. The van der Waals surface area contributed by atoms with Gasteiger partial charge in [0.15, 0.2) is 0 Å². The van der Waals surface area contributed by atoms with Crippen molar-refractivity contribution >= 4 is 5.97 Å². The molecule has 4 aliphatic carbocycles. The van der Waals surface area contributed by atoms with Gasteiger partial charge in [0.05, 0.1) is 25.2 Å². The van der Waals surface area contributed by atoms with Crippen LogP contribution in [0.2, 0.25) is 0 Å². The van der Waals surface area contributed by atoms with Crippen molar-refractivity contribution < 1.29 is 19.7 Å². The molecule has 0 radical (unpaired) electrons. The summed E-state index contributed by atoms with van der Waals surface area (Å²) in [6.45, 7) is 11.8. The van der Waals surface area contributed by atoms with Gasteiger partial charge in [0.25, 0.3) is 0 Å². The van der Waals surface area contributed by atoms with Gasteiger partial charge in [-0.2, -0.15) is 0 Å². The van der Waals surface area contributed by atoms with E-state index in [1.165, 1.54) is 13.5 Å². The van der Waals surface area contributed by atoms with Crippen LogP contribution in [0.1, 0.15) is 92.4 Å². The van der Waals surface area contributed by atoms with Crippen molar-refractivity contribution in [1.82, 2.24) is 0 Å². The Morgan fingerprint density at radius 3 is 2.07 bits per heavy atom. The van der Waals surface area contributed by atoms with Gasteiger partial charge in [0, 0.05) is 5.41 Å². The van der Waals surface area contributed by atoms with E-state index in [1.807, 2.05) is 0 Å². The summed E-state index contributed by atoms with van der Waals surface area (Å²) in [5.74, 6) is 1.33. The number of fused-ring (bicyclic) bond motifs is 5. The molecule has 0 bridgehead atoms. The van der Waals surface area contributed by atoms with Crippen LogP contribution >= 0.6 is 0 Å². The normalized spacial score (nSPS) is 53.5. The van der Waals surface area contributed by atoms with Crippen molar-refractivity contribution in [1.29, 1.82) is 0 Å². The average Bonchev–Trinajstić information content (AvgIpc) is 2.90. The number of esters is 1. The number of aliphatic hydroxyl groups excluding tert-OH is 1. The van der Waals surface area contributed by atoms with E-state index >= 15 is 0 Å². The van der Waals surface area contributed by atoms with Crippen LogP contribution in [0.4, 0.5) is 0 Å². The van der Waals surface area contributed by atoms with Crippen molar-refractivity contribution in [2.45, 2.75) is 104 Å². The van der Waals surface area contributed by atoms with Gasteiger partial charge in [-0.3, -0.25) is 4.79 Å². The van der Waals surface area contributed by atoms with E-state index in [9.17, 15) is 15.0 Å². The standard InChI is InChI=1S/C25H42O4/c1-21(2)16-7-11-23(4)17(22(16,3)12-10-19(21)26)8-13-24(5)18(23)9-14-25(24,28)15-20(27)29-6/h16-19,26,28H,7-15H2,1-6H3/t16-,17+,18-,19-,22-,23+,24-,25+/m1/s1. The lowest BCUT2D eigenvalue weighted by Gasteiger charge is -2.68. The fraction of sp³-hybridized carbons (Fsp3) is 0.960. The number of hydrogen-bond acceptors (Lipinski definition) is 4. The molecule has 4 fully saturated rings. The summed E-state index contributed by atoms with van der Waals surface area (Å²) < 4.78 is 4.93. The zero-order chi connectivity index (χ0) is 21.5. The molecule has 0 aromatic rings. The molecule has 2 N–H and O–H groups in total. The fourth-order valence-electron chi connectivity index (χ4n) is 9.48. The largest absolute Gasteiger partial charge is 0.469 e. The van der Waals surface area contributed by atoms with Crippen LogP contribution in [0, 0.1) is 39.4 Å². The summed E-state index contributed by atoms with van der Waals surface area (Å²) in [4.78, 5) is 12.1. The maximum atomic E-state index is 12.1. The van der Waals surface area contributed by atoms with Crippen molar-refractivity contribution in [3.05, 3.63) is 0 Å². The van der Waals surface area contributed by atoms with E-state index < -0.39 is 5.60 Å². The first-order valence-electron chi connectivity index (χ1n) is 11.8. The number of carbonyl (C=O) groups excluding carboxylic acids is 1. The smallest absolute Gasteiger partial charge is 0.308 e. The Balaban J connectivity index is 1.68. The van der Waals surface area contributed by atoms with Gasteiger partial charge in [-0.1, -0.05) is 34.6 Å². The highest BCUT2D eigenvalue weighted by molar-refractivity contribution is 5.70. The lowest BCUT2D eigenvalue weighted by molar-refractivity contribution is -0.224. The zero-order valence-corrected chi connectivity index (χ0v) is 19.4. The first-order valence-corrected chi connectivity index (χ1v) is 11.8. The number of ether oxygens (including phenoxy) is 1. The van der Waals surface area contributed by atoms with Crippen LogP contribution in [0.3, 0.4) is 0 Å². The van der Waals surface area contributed by atoms with E-state index in [2.05, 4.69) is 34.6 Å². The van der Waals surface area contributed by atoms with Gasteiger partial charge in [0.2, 0.25) is 0 Å². The van der Waals surface area contributed by atoms with Gasteiger partial charge in [-0.25, -0.2) is 0 Å². The molecule has 0 unspecified atom stereocenters. The third-order valence-electron chi connectivity index (χ3n) is 11.2. The Bertz CT molecular complexity index is 688. The molecule has 166 valence electrons. The van der Waals surface area contributed by atoms with E-state index in [0.717, 1.165) is 38.5 Å². The Kier molecular flexibility index (Phi) is 4.81. The SMILES string of the molecule is COC(=O)C[C@@]1(O)CC[C@@H]2[C@@]3(C)CC[C@@H]4C(C)(C)[C@H](O)CC[C@@]4(C)[C@@H]3CC[C@]21C. The van der Waals surface area contributed by atoms with Gasteiger partial charge in [-0.05, 0) is 85.4 Å². The van der Waals surface area contributed by atoms with Crippen molar-refractivity contribution in [3.8, 4) is 0 Å². The summed E-state index contributed by atoms with van der Waals surface area (Å²) in [6, 6.07) is 0. The number of hydrogen-bond donors (Lipinski definition) is 2. The highest BCUT2D eigenvalue weighted by Crippen LogP contribution is 2.74. The molecule has 0 heterocycles. The molecule has 8 atom stereocenters. The van der Waals surface area contributed by atoms with Crippen LogP contribution in [-0.4, -0.2) is 35.0 Å². The first kappa shape index (κ1) is 21.6. The van der Waals surface area contributed by atoms with E-state index in [0.29, 0.717) is 24.2 Å². The topological polar surface area (TPSA) is 66.8 Å².